The highest BCUT2D eigenvalue weighted by atomic mass is 16.5. The minimum Gasteiger partial charge on any atom is -0.487 e. The van der Waals surface area contributed by atoms with Crippen LogP contribution in [0.3, 0.4) is 0 Å². The van der Waals surface area contributed by atoms with E-state index in [4.69, 9.17) is 4.74 Å². The summed E-state index contributed by atoms with van der Waals surface area (Å²) in [5.41, 5.74) is 5.95. The molecule has 29 heavy (non-hydrogen) atoms. The number of ether oxygens (including phenoxy) is 1. The lowest BCUT2D eigenvalue weighted by atomic mass is 9.98. The van der Waals surface area contributed by atoms with Gasteiger partial charge >= 0.3 is 0 Å². The zero-order valence-electron chi connectivity index (χ0n) is 16.0. The largest absolute Gasteiger partial charge is 0.487 e. The first kappa shape index (κ1) is 18.3. The van der Waals surface area contributed by atoms with Crippen LogP contribution in [0.4, 0.5) is 0 Å². The van der Waals surface area contributed by atoms with E-state index in [9.17, 15) is 5.26 Å². The summed E-state index contributed by atoms with van der Waals surface area (Å²) in [6, 6.07) is 20.0. The van der Waals surface area contributed by atoms with Gasteiger partial charge in [-0.3, -0.25) is 4.98 Å². The highest BCUT2D eigenvalue weighted by molar-refractivity contribution is 5.80. The van der Waals surface area contributed by atoms with Crippen LogP contribution in [0.1, 0.15) is 22.5 Å². The van der Waals surface area contributed by atoms with Gasteiger partial charge < -0.3 is 4.74 Å². The Morgan fingerprint density at radius 1 is 1.03 bits per heavy atom. The maximum Gasteiger partial charge on any atom is 0.205 e. The van der Waals surface area contributed by atoms with Crippen molar-refractivity contribution in [2.45, 2.75) is 20.5 Å². The summed E-state index contributed by atoms with van der Waals surface area (Å²) in [6.07, 6.45) is 0. The molecule has 0 spiro atoms. The Kier molecular flexibility index (Phi) is 4.99. The Hall–Kier alpha value is -4.05. The van der Waals surface area contributed by atoms with Crippen LogP contribution in [-0.4, -0.2) is 25.6 Å². The van der Waals surface area contributed by atoms with Gasteiger partial charge in [-0.25, -0.2) is 0 Å². The number of rotatable bonds is 5. The molecular formula is C22H18N6O. The highest BCUT2D eigenvalue weighted by Gasteiger charge is 2.12. The van der Waals surface area contributed by atoms with Crippen LogP contribution in [0.5, 0.6) is 5.75 Å². The first-order valence-corrected chi connectivity index (χ1v) is 9.09. The van der Waals surface area contributed by atoms with E-state index in [2.05, 4.69) is 31.7 Å². The van der Waals surface area contributed by atoms with Gasteiger partial charge in [0.15, 0.2) is 0 Å². The fraction of sp³-hybridized carbons (Fsp3) is 0.136. The molecule has 0 fully saturated rings. The Balaban J connectivity index is 1.56. The van der Waals surface area contributed by atoms with E-state index >= 15 is 0 Å². The number of aromatic amines is 1. The standard InChI is InChI=1S/C22H18N6O/c1-14-11-21(20(12-23)15(2)24-14)29-13-16-7-9-17(10-8-16)18-5-3-4-6-19(18)22-25-27-28-26-22/h3-11H,13H2,1-2H3,(H,25,26,27,28). The average molecular weight is 382 g/mol. The van der Waals surface area contributed by atoms with Crippen molar-refractivity contribution in [1.29, 1.82) is 5.26 Å². The SMILES string of the molecule is Cc1cc(OCc2ccc(-c3ccccc3-c3nn[nH]n3)cc2)c(C#N)c(C)n1. The molecule has 7 heteroatoms. The zero-order valence-corrected chi connectivity index (χ0v) is 16.0. The molecule has 0 saturated heterocycles. The van der Waals surface area contributed by atoms with E-state index in [1.54, 1.807) is 6.07 Å². The number of hydrogen-bond acceptors (Lipinski definition) is 6. The molecule has 2 heterocycles. The highest BCUT2D eigenvalue weighted by Crippen LogP contribution is 2.30. The fourth-order valence-electron chi connectivity index (χ4n) is 3.19. The molecule has 0 aliphatic heterocycles. The smallest absolute Gasteiger partial charge is 0.205 e. The third-order valence-corrected chi connectivity index (χ3v) is 4.58. The van der Waals surface area contributed by atoms with Gasteiger partial charge in [-0.05, 0) is 35.8 Å². The second kappa shape index (κ2) is 7.90. The summed E-state index contributed by atoms with van der Waals surface area (Å²) in [6.45, 7) is 4.07. The number of aromatic nitrogens is 5. The molecule has 0 saturated carbocycles. The number of nitriles is 1. The maximum absolute atomic E-state index is 9.37. The molecule has 4 rings (SSSR count). The van der Waals surface area contributed by atoms with Crippen molar-refractivity contribution in [2.24, 2.45) is 0 Å². The topological polar surface area (TPSA) is 100 Å². The van der Waals surface area contributed by atoms with E-state index in [1.165, 1.54) is 0 Å². The molecule has 1 N–H and O–H groups in total. The maximum atomic E-state index is 9.37. The van der Waals surface area contributed by atoms with Crippen LogP contribution in [0.15, 0.2) is 54.6 Å². The number of pyridine rings is 1. The lowest BCUT2D eigenvalue weighted by Gasteiger charge is -2.11. The van der Waals surface area contributed by atoms with Gasteiger partial charge in [0.1, 0.15) is 24.0 Å². The predicted molar refractivity (Wildman–Crippen MR) is 108 cm³/mol. The zero-order chi connectivity index (χ0) is 20.2. The molecule has 4 aromatic rings. The average Bonchev–Trinajstić information content (AvgIpc) is 3.27. The summed E-state index contributed by atoms with van der Waals surface area (Å²) in [5, 5.41) is 23.7. The summed E-state index contributed by atoms with van der Waals surface area (Å²) >= 11 is 0. The Labute approximate surface area is 168 Å². The van der Waals surface area contributed by atoms with E-state index in [1.807, 2.05) is 62.4 Å². The summed E-state index contributed by atoms with van der Waals surface area (Å²) in [7, 11) is 0. The van der Waals surface area contributed by atoms with Gasteiger partial charge in [0, 0.05) is 17.3 Å². The summed E-state index contributed by atoms with van der Waals surface area (Å²) in [4.78, 5) is 4.32. The van der Waals surface area contributed by atoms with Crippen LogP contribution < -0.4 is 4.74 Å². The molecule has 142 valence electrons. The lowest BCUT2D eigenvalue weighted by molar-refractivity contribution is 0.304. The van der Waals surface area contributed by atoms with Crippen molar-refractivity contribution in [3.63, 3.8) is 0 Å². The number of aryl methyl sites for hydroxylation is 2. The van der Waals surface area contributed by atoms with Crippen molar-refractivity contribution in [3.05, 3.63) is 77.1 Å². The van der Waals surface area contributed by atoms with Crippen molar-refractivity contribution in [2.75, 3.05) is 0 Å². The molecule has 2 aromatic heterocycles. The predicted octanol–water partition coefficient (Wildman–Crippen LogP) is 4.00. The van der Waals surface area contributed by atoms with Crippen LogP contribution in [0.2, 0.25) is 0 Å². The van der Waals surface area contributed by atoms with Gasteiger partial charge in [0.2, 0.25) is 5.82 Å². The van der Waals surface area contributed by atoms with E-state index < -0.39 is 0 Å². The number of nitrogens with one attached hydrogen (secondary N) is 1. The van der Waals surface area contributed by atoms with E-state index in [0.29, 0.717) is 29.4 Å². The van der Waals surface area contributed by atoms with Crippen molar-refractivity contribution >= 4 is 0 Å². The van der Waals surface area contributed by atoms with Gasteiger partial charge in [0.05, 0.1) is 5.69 Å². The van der Waals surface area contributed by atoms with E-state index in [-0.39, 0.29) is 0 Å². The van der Waals surface area contributed by atoms with Gasteiger partial charge in [-0.15, -0.1) is 10.2 Å². The Morgan fingerprint density at radius 2 is 1.79 bits per heavy atom. The monoisotopic (exact) mass is 382 g/mol. The Bertz CT molecular complexity index is 1180. The molecule has 0 aliphatic carbocycles. The molecule has 7 nitrogen and oxygen atoms in total. The van der Waals surface area contributed by atoms with E-state index in [0.717, 1.165) is 27.9 Å². The normalized spacial score (nSPS) is 10.5. The van der Waals surface area contributed by atoms with Crippen molar-refractivity contribution in [1.82, 2.24) is 25.6 Å². The molecule has 0 radical (unpaired) electrons. The van der Waals surface area contributed by atoms with Gasteiger partial charge in [-0.2, -0.15) is 10.5 Å². The third-order valence-electron chi connectivity index (χ3n) is 4.58. The van der Waals surface area contributed by atoms with Crippen LogP contribution in [0.25, 0.3) is 22.5 Å². The van der Waals surface area contributed by atoms with Crippen LogP contribution in [-0.2, 0) is 6.61 Å². The summed E-state index contributed by atoms with van der Waals surface area (Å²) < 4.78 is 5.91. The fourth-order valence-corrected chi connectivity index (χ4v) is 3.19. The number of nitrogens with zero attached hydrogens (tertiary/aromatic N) is 5. The second-order valence-electron chi connectivity index (χ2n) is 6.60. The minimum absolute atomic E-state index is 0.365. The van der Waals surface area contributed by atoms with Gasteiger partial charge in [-0.1, -0.05) is 48.5 Å². The van der Waals surface area contributed by atoms with Crippen LogP contribution in [0, 0.1) is 25.2 Å². The number of hydrogen-bond donors (Lipinski definition) is 1. The second-order valence-corrected chi connectivity index (χ2v) is 6.60. The number of H-pyrrole nitrogens is 1. The lowest BCUT2D eigenvalue weighted by Crippen LogP contribution is -2.01. The quantitative estimate of drug-likeness (QED) is 0.560. The minimum atomic E-state index is 0.365. The summed E-state index contributed by atoms with van der Waals surface area (Å²) in [5.74, 6) is 1.12. The molecule has 0 amide bonds. The molecule has 0 unspecified atom stereocenters. The van der Waals surface area contributed by atoms with Crippen molar-refractivity contribution in [3.8, 4) is 34.3 Å². The first-order chi connectivity index (χ1) is 14.2. The van der Waals surface area contributed by atoms with Gasteiger partial charge in [0.25, 0.3) is 0 Å². The third kappa shape index (κ3) is 3.82. The van der Waals surface area contributed by atoms with Crippen LogP contribution >= 0.6 is 0 Å². The molecule has 2 aromatic carbocycles. The number of benzene rings is 2. The Morgan fingerprint density at radius 3 is 2.48 bits per heavy atom. The number of tetrazole rings is 1. The van der Waals surface area contributed by atoms with Crippen molar-refractivity contribution < 1.29 is 4.74 Å². The molecule has 0 bridgehead atoms. The molecular weight excluding hydrogens is 364 g/mol. The molecule has 0 atom stereocenters. The molecule has 0 aliphatic rings. The first-order valence-electron chi connectivity index (χ1n) is 9.09.